The number of aliphatic imine (C=N–C) groups is 2. The molecule has 232 valence electrons. The van der Waals surface area contributed by atoms with Crippen LogP contribution in [0.1, 0.15) is 49.7 Å². The van der Waals surface area contributed by atoms with Crippen LogP contribution in [0.15, 0.2) is 88.6 Å². The Morgan fingerprint density at radius 2 is 1.82 bits per heavy atom. The average Bonchev–Trinajstić information content (AvgIpc) is 3.02. The highest BCUT2D eigenvalue weighted by molar-refractivity contribution is 6.13. The Kier molecular flexibility index (Phi) is 9.49. The number of carbonyl (C=O) groups is 1. The first-order valence-corrected chi connectivity index (χ1v) is 15.4. The monoisotopic (exact) mass is 595 g/mol. The minimum atomic E-state index is -0.167. The van der Waals surface area contributed by atoms with Crippen molar-refractivity contribution in [2.24, 2.45) is 15.7 Å². The smallest absolute Gasteiger partial charge is 0.270 e. The van der Waals surface area contributed by atoms with Crippen molar-refractivity contribution in [3.63, 3.8) is 0 Å². The molecule has 0 aliphatic carbocycles. The van der Waals surface area contributed by atoms with Crippen LogP contribution in [0.4, 0.5) is 11.4 Å². The zero-order chi connectivity index (χ0) is 31.3. The first-order chi connectivity index (χ1) is 21.1. The lowest BCUT2D eigenvalue weighted by atomic mass is 9.88. The van der Waals surface area contributed by atoms with Gasteiger partial charge in [-0.2, -0.15) is 0 Å². The molecule has 1 amide bonds. The summed E-state index contributed by atoms with van der Waals surface area (Å²) >= 11 is 0. The summed E-state index contributed by atoms with van der Waals surface area (Å²) in [5.41, 5.74) is 11.3. The number of dihydropyridines is 1. The Balaban J connectivity index is 1.21. The zero-order valence-electron chi connectivity index (χ0n) is 26.4. The second kappa shape index (κ2) is 13.5. The average molecular weight is 596 g/mol. The van der Waals surface area contributed by atoms with Crippen molar-refractivity contribution in [1.29, 1.82) is 0 Å². The summed E-state index contributed by atoms with van der Waals surface area (Å²) in [6, 6.07) is 12.1. The number of rotatable bonds is 7. The third kappa shape index (κ3) is 7.74. The summed E-state index contributed by atoms with van der Waals surface area (Å²) in [5.74, 6) is 0.855. The zero-order valence-corrected chi connectivity index (χ0v) is 26.4. The van der Waals surface area contributed by atoms with Crippen LogP contribution in [-0.4, -0.2) is 85.0 Å². The van der Waals surface area contributed by atoms with E-state index in [-0.39, 0.29) is 17.4 Å². The Hall–Kier alpha value is -4.44. The summed E-state index contributed by atoms with van der Waals surface area (Å²) in [4.78, 5) is 33.6. The van der Waals surface area contributed by atoms with E-state index in [0.29, 0.717) is 35.3 Å². The molecule has 0 bridgehead atoms. The molecule has 2 saturated heterocycles. The molecule has 0 spiro atoms. The molecular formula is C34H45N9O. The van der Waals surface area contributed by atoms with Gasteiger partial charge in [0.25, 0.3) is 5.91 Å². The van der Waals surface area contributed by atoms with Gasteiger partial charge < -0.3 is 31.1 Å². The van der Waals surface area contributed by atoms with Gasteiger partial charge in [-0.3, -0.25) is 14.8 Å². The summed E-state index contributed by atoms with van der Waals surface area (Å²) < 4.78 is 0. The summed E-state index contributed by atoms with van der Waals surface area (Å²) in [6.07, 6.45) is 9.01. The van der Waals surface area contributed by atoms with Crippen molar-refractivity contribution in [1.82, 2.24) is 20.1 Å². The van der Waals surface area contributed by atoms with Crippen molar-refractivity contribution in [3.8, 4) is 0 Å². The molecule has 10 nitrogen and oxygen atoms in total. The van der Waals surface area contributed by atoms with Gasteiger partial charge in [-0.05, 0) is 73.4 Å². The van der Waals surface area contributed by atoms with E-state index in [4.69, 9.17) is 10.7 Å². The number of nitrogens with two attached hydrogens (primary N) is 1. The predicted octanol–water partition coefficient (Wildman–Crippen LogP) is 4.12. The maximum atomic E-state index is 12.9. The number of nitrogens with zero attached hydrogens (tertiary/aromatic N) is 6. The molecule has 4 N–H and O–H groups in total. The first-order valence-electron chi connectivity index (χ1n) is 15.4. The number of amides is 1. The minimum Gasteiger partial charge on any atom is -0.383 e. The molecular weight excluding hydrogens is 550 g/mol. The van der Waals surface area contributed by atoms with Crippen LogP contribution in [-0.2, 0) is 5.41 Å². The van der Waals surface area contributed by atoms with E-state index in [1.54, 1.807) is 18.5 Å². The molecule has 0 saturated carbocycles. The van der Waals surface area contributed by atoms with Gasteiger partial charge in [0.15, 0.2) is 0 Å². The fourth-order valence-electron chi connectivity index (χ4n) is 5.50. The number of aromatic nitrogens is 1. The summed E-state index contributed by atoms with van der Waals surface area (Å²) in [6.45, 7) is 16.2. The number of nitrogens with one attached hydrogen (secondary N) is 2. The third-order valence-corrected chi connectivity index (χ3v) is 8.29. The number of benzene rings is 1. The maximum absolute atomic E-state index is 12.9. The molecule has 10 heteroatoms. The number of piperidine rings is 1. The Morgan fingerprint density at radius 1 is 1.07 bits per heavy atom. The molecule has 1 aromatic carbocycles. The maximum Gasteiger partial charge on any atom is 0.270 e. The largest absolute Gasteiger partial charge is 0.383 e. The van der Waals surface area contributed by atoms with Gasteiger partial charge in [-0.25, -0.2) is 4.99 Å². The van der Waals surface area contributed by atoms with Gasteiger partial charge in [0, 0.05) is 69.1 Å². The van der Waals surface area contributed by atoms with Crippen molar-refractivity contribution in [3.05, 3.63) is 89.9 Å². The van der Waals surface area contributed by atoms with E-state index in [2.05, 4.69) is 81.8 Å². The predicted molar refractivity (Wildman–Crippen MR) is 180 cm³/mol. The van der Waals surface area contributed by atoms with Crippen LogP contribution in [0.2, 0.25) is 0 Å². The van der Waals surface area contributed by atoms with E-state index in [1.165, 1.54) is 5.69 Å². The number of pyridine rings is 1. The number of allylic oxidation sites excluding steroid dienone is 2. The number of hydrogen-bond acceptors (Lipinski definition) is 9. The highest BCUT2D eigenvalue weighted by atomic mass is 16.1. The number of anilines is 2. The normalized spacial score (nSPS) is 21.4. The third-order valence-electron chi connectivity index (χ3n) is 8.29. The Bertz CT molecular complexity index is 1460. The fourth-order valence-corrected chi connectivity index (χ4v) is 5.50. The molecule has 44 heavy (non-hydrogen) atoms. The number of likely N-dealkylation sites (N-methyl/N-ethyl adjacent to an activating group) is 1. The molecule has 1 atom stereocenters. The van der Waals surface area contributed by atoms with Crippen molar-refractivity contribution in [2.45, 2.75) is 45.1 Å². The Labute approximate surface area is 261 Å². The van der Waals surface area contributed by atoms with E-state index in [9.17, 15) is 4.79 Å². The quantitative estimate of drug-likeness (QED) is 0.441. The van der Waals surface area contributed by atoms with Gasteiger partial charge in [0.2, 0.25) is 0 Å². The number of hydrogen-bond donors (Lipinski definition) is 3. The van der Waals surface area contributed by atoms with Gasteiger partial charge >= 0.3 is 0 Å². The van der Waals surface area contributed by atoms with Crippen LogP contribution >= 0.6 is 0 Å². The molecule has 5 rings (SSSR count). The number of likely N-dealkylation sites (tertiary alicyclic amines) is 1. The van der Waals surface area contributed by atoms with Crippen LogP contribution < -0.4 is 21.3 Å². The van der Waals surface area contributed by atoms with E-state index >= 15 is 0 Å². The highest BCUT2D eigenvalue weighted by Gasteiger charge is 2.24. The van der Waals surface area contributed by atoms with Crippen molar-refractivity contribution < 1.29 is 4.79 Å². The number of piperazine rings is 1. The van der Waals surface area contributed by atoms with E-state index < -0.39 is 0 Å². The molecule has 2 aromatic rings. The van der Waals surface area contributed by atoms with Crippen LogP contribution in [0.3, 0.4) is 0 Å². The van der Waals surface area contributed by atoms with Gasteiger partial charge in [0.05, 0.1) is 5.71 Å². The van der Waals surface area contributed by atoms with Crippen LogP contribution in [0, 0.1) is 0 Å². The molecule has 2 fully saturated rings. The SMILES string of the molecule is C=C(/N=C1/C=CC=N/C1=C(/N)Nc1ccc(N2CCN(C)CC2)cc1)N1CCC[C@@H](NC(=O)c2ccc(C(C)(C)C)cn2)C1. The molecule has 3 aliphatic rings. The minimum absolute atomic E-state index is 0.0154. The lowest BCUT2D eigenvalue weighted by molar-refractivity contribution is 0.0908. The molecule has 0 unspecified atom stereocenters. The van der Waals surface area contributed by atoms with Gasteiger partial charge in [0.1, 0.15) is 23.0 Å². The first kappa shape index (κ1) is 31.0. The standard InChI is InChI=1S/C34H45N9O/c1-24(43-17-7-8-27(23-43)40-33(44)30-15-10-25(22-37-30)34(2,3)4)38-29-9-6-16-36-31(29)32(35)39-26-11-13-28(14-12-26)42-20-18-41(5)19-21-42/h6,9-16,22,27,39H,1,7-8,17-21,23,35H2,2-5H3,(H,40,44)/b32-31-,38-29-/t27-/m1/s1. The van der Waals surface area contributed by atoms with Crippen molar-refractivity contribution in [2.75, 3.05) is 56.5 Å². The topological polar surface area (TPSA) is 114 Å². The van der Waals surface area contributed by atoms with E-state index in [1.807, 2.05) is 30.4 Å². The van der Waals surface area contributed by atoms with Gasteiger partial charge in [-0.1, -0.05) is 33.4 Å². The Morgan fingerprint density at radius 3 is 2.50 bits per heavy atom. The van der Waals surface area contributed by atoms with Crippen LogP contribution in [0.25, 0.3) is 0 Å². The molecule has 1 aromatic heterocycles. The molecule has 4 heterocycles. The highest BCUT2D eigenvalue weighted by Crippen LogP contribution is 2.23. The van der Waals surface area contributed by atoms with Gasteiger partial charge in [-0.15, -0.1) is 0 Å². The second-order valence-corrected chi connectivity index (χ2v) is 12.7. The fraction of sp³-hybridized carbons (Fsp3) is 0.412. The van der Waals surface area contributed by atoms with Crippen molar-refractivity contribution >= 4 is 29.2 Å². The lowest BCUT2D eigenvalue weighted by Gasteiger charge is -2.34. The summed E-state index contributed by atoms with van der Waals surface area (Å²) in [5, 5.41) is 6.44. The van der Waals surface area contributed by atoms with E-state index in [0.717, 1.165) is 56.8 Å². The van der Waals surface area contributed by atoms with Crippen LogP contribution in [0.5, 0.6) is 0 Å². The molecule has 0 radical (unpaired) electrons. The molecule has 3 aliphatic heterocycles. The summed E-state index contributed by atoms with van der Waals surface area (Å²) in [7, 11) is 2.16. The lowest BCUT2D eigenvalue weighted by Crippen LogP contribution is -2.47. The number of carbonyl (C=O) groups excluding carboxylic acids is 1. The second-order valence-electron chi connectivity index (χ2n) is 12.7.